The fourth-order valence-electron chi connectivity index (χ4n) is 1.05. The molecule has 0 fully saturated rings. The minimum Gasteiger partial charge on any atom is -0.480 e. The van der Waals surface area contributed by atoms with Crippen molar-refractivity contribution in [3.05, 3.63) is 35.9 Å². The number of hydrogen-bond acceptors (Lipinski definition) is 3. The lowest BCUT2D eigenvalue weighted by Crippen LogP contribution is -2.17. The van der Waals surface area contributed by atoms with E-state index in [0.717, 1.165) is 0 Å². The molecule has 0 aliphatic heterocycles. The first-order valence-corrected chi connectivity index (χ1v) is 6.01. The molecule has 0 radical (unpaired) electrons. The maximum atomic E-state index is 11.0. The van der Waals surface area contributed by atoms with Gasteiger partial charge in [-0.15, -0.1) is 0 Å². The first kappa shape index (κ1) is 11.0. The zero-order valence-electron chi connectivity index (χ0n) is 6.92. The van der Waals surface area contributed by atoms with Crippen molar-refractivity contribution < 1.29 is 18.3 Å². The van der Waals surface area contributed by atoms with Gasteiger partial charge in [-0.2, -0.15) is 0 Å². The van der Waals surface area contributed by atoms with Crippen molar-refractivity contribution in [2.45, 2.75) is 5.25 Å². The van der Waals surface area contributed by atoms with E-state index in [4.69, 9.17) is 15.8 Å². The molecule has 4 nitrogen and oxygen atoms in total. The zero-order chi connectivity index (χ0) is 10.8. The summed E-state index contributed by atoms with van der Waals surface area (Å²) in [5, 5.41) is 7.00. The van der Waals surface area contributed by atoms with Gasteiger partial charge in [-0.1, -0.05) is 30.3 Å². The van der Waals surface area contributed by atoms with Gasteiger partial charge in [-0.3, -0.25) is 4.79 Å². The van der Waals surface area contributed by atoms with Gasteiger partial charge in [0.1, 0.15) is 0 Å². The van der Waals surface area contributed by atoms with Crippen LogP contribution in [0.5, 0.6) is 0 Å². The lowest BCUT2D eigenvalue weighted by molar-refractivity contribution is -0.136. The van der Waals surface area contributed by atoms with Crippen molar-refractivity contribution in [3.8, 4) is 0 Å². The molecule has 0 saturated heterocycles. The minimum atomic E-state index is -4.14. The van der Waals surface area contributed by atoms with Gasteiger partial charge in [0.15, 0.2) is 5.25 Å². The number of rotatable bonds is 3. The summed E-state index contributed by atoms with van der Waals surface area (Å²) >= 11 is 0. The average molecular weight is 235 g/mol. The molecule has 1 N–H and O–H groups in total. The van der Waals surface area contributed by atoms with Gasteiger partial charge in [-0.05, 0) is 5.56 Å². The maximum absolute atomic E-state index is 11.0. The summed E-state index contributed by atoms with van der Waals surface area (Å²) in [5.41, 5.74) is 0.148. The predicted molar refractivity (Wildman–Crippen MR) is 51.6 cm³/mol. The van der Waals surface area contributed by atoms with Crippen molar-refractivity contribution in [2.24, 2.45) is 0 Å². The standard InChI is InChI=1S/C8H7ClO4S/c9-14(12,13)7(8(10)11)6-4-2-1-3-5-6/h1-5,7H,(H,10,11). The Hall–Kier alpha value is -1.07. The minimum absolute atomic E-state index is 0.148. The molecule has 0 heterocycles. The van der Waals surface area contributed by atoms with E-state index in [2.05, 4.69) is 0 Å². The first-order valence-electron chi connectivity index (χ1n) is 3.64. The number of carboxylic acid groups (broad SMARTS) is 1. The smallest absolute Gasteiger partial charge is 0.327 e. The van der Waals surface area contributed by atoms with Gasteiger partial charge in [0.2, 0.25) is 0 Å². The number of aliphatic carboxylic acids is 1. The highest BCUT2D eigenvalue weighted by Gasteiger charge is 2.32. The van der Waals surface area contributed by atoms with Crippen LogP contribution in [-0.4, -0.2) is 19.5 Å². The molecule has 0 amide bonds. The maximum Gasteiger partial charge on any atom is 0.327 e. The monoisotopic (exact) mass is 234 g/mol. The third kappa shape index (κ3) is 2.46. The SMILES string of the molecule is O=C(O)C(c1ccccc1)S(=O)(=O)Cl. The summed E-state index contributed by atoms with van der Waals surface area (Å²) < 4.78 is 21.9. The van der Waals surface area contributed by atoms with Crippen LogP contribution in [0.25, 0.3) is 0 Å². The third-order valence-corrected chi connectivity index (χ3v) is 3.18. The Kier molecular flexibility index (Phi) is 3.13. The van der Waals surface area contributed by atoms with E-state index in [0.29, 0.717) is 0 Å². The Balaban J connectivity index is 3.22. The topological polar surface area (TPSA) is 71.4 Å². The quantitative estimate of drug-likeness (QED) is 0.802. The van der Waals surface area contributed by atoms with E-state index in [-0.39, 0.29) is 5.56 Å². The second-order valence-corrected chi connectivity index (χ2v) is 5.32. The van der Waals surface area contributed by atoms with Crippen LogP contribution in [0.4, 0.5) is 0 Å². The molecule has 0 aromatic heterocycles. The number of benzene rings is 1. The molecular formula is C8H7ClO4S. The highest BCUT2D eigenvalue weighted by atomic mass is 35.7. The zero-order valence-corrected chi connectivity index (χ0v) is 8.49. The van der Waals surface area contributed by atoms with Crippen molar-refractivity contribution >= 4 is 25.7 Å². The molecule has 0 aliphatic rings. The van der Waals surface area contributed by atoms with Gasteiger partial charge in [0.25, 0.3) is 9.05 Å². The van der Waals surface area contributed by atoms with E-state index >= 15 is 0 Å². The number of hydrogen-bond donors (Lipinski definition) is 1. The second-order valence-electron chi connectivity index (χ2n) is 2.60. The molecule has 14 heavy (non-hydrogen) atoms. The summed E-state index contributed by atoms with van der Waals surface area (Å²) in [6.45, 7) is 0. The summed E-state index contributed by atoms with van der Waals surface area (Å²) in [5.74, 6) is -1.48. The summed E-state index contributed by atoms with van der Waals surface area (Å²) in [7, 11) is 0.876. The van der Waals surface area contributed by atoms with Crippen LogP contribution in [0.3, 0.4) is 0 Å². The predicted octanol–water partition coefficient (Wildman–Crippen LogP) is 1.38. The Morgan fingerprint density at radius 3 is 2.14 bits per heavy atom. The van der Waals surface area contributed by atoms with Crippen molar-refractivity contribution in [1.82, 2.24) is 0 Å². The van der Waals surface area contributed by atoms with E-state index in [1.165, 1.54) is 12.1 Å². The highest BCUT2D eigenvalue weighted by molar-refractivity contribution is 8.14. The Labute approximate surface area is 85.5 Å². The first-order chi connectivity index (χ1) is 6.43. The van der Waals surface area contributed by atoms with Crippen LogP contribution < -0.4 is 0 Å². The van der Waals surface area contributed by atoms with E-state index in [1.807, 2.05) is 0 Å². The van der Waals surface area contributed by atoms with Crippen molar-refractivity contribution in [3.63, 3.8) is 0 Å². The Morgan fingerprint density at radius 2 is 1.79 bits per heavy atom. The van der Waals surface area contributed by atoms with Crippen molar-refractivity contribution in [2.75, 3.05) is 0 Å². The molecule has 0 spiro atoms. The van der Waals surface area contributed by atoms with Crippen LogP contribution in [0.15, 0.2) is 30.3 Å². The van der Waals surface area contributed by atoms with Crippen molar-refractivity contribution in [1.29, 1.82) is 0 Å². The Bertz CT molecular complexity index is 426. The van der Waals surface area contributed by atoms with Crippen LogP contribution in [-0.2, 0) is 13.8 Å². The fraction of sp³-hybridized carbons (Fsp3) is 0.125. The average Bonchev–Trinajstić information content (AvgIpc) is 2.02. The van der Waals surface area contributed by atoms with Crippen LogP contribution in [0.1, 0.15) is 10.8 Å². The third-order valence-electron chi connectivity index (χ3n) is 1.61. The van der Waals surface area contributed by atoms with E-state index < -0.39 is 20.3 Å². The summed E-state index contributed by atoms with van der Waals surface area (Å²) in [6, 6.07) is 7.56. The van der Waals surface area contributed by atoms with Crippen LogP contribution in [0, 0.1) is 0 Å². The largest absolute Gasteiger partial charge is 0.480 e. The molecule has 0 saturated carbocycles. The Morgan fingerprint density at radius 1 is 1.29 bits per heavy atom. The summed E-state index contributed by atoms with van der Waals surface area (Å²) in [4.78, 5) is 10.7. The van der Waals surface area contributed by atoms with Crippen LogP contribution >= 0.6 is 10.7 Å². The fourth-order valence-corrected chi connectivity index (χ4v) is 2.31. The molecule has 0 bridgehead atoms. The summed E-state index contributed by atoms with van der Waals surface area (Å²) in [6.07, 6.45) is 0. The molecule has 76 valence electrons. The van der Waals surface area contributed by atoms with E-state index in [1.54, 1.807) is 18.2 Å². The lowest BCUT2D eigenvalue weighted by Gasteiger charge is -2.07. The molecule has 6 heteroatoms. The second kappa shape index (κ2) is 3.98. The molecule has 1 aromatic carbocycles. The van der Waals surface area contributed by atoms with Gasteiger partial charge in [0.05, 0.1) is 0 Å². The van der Waals surface area contributed by atoms with Crippen LogP contribution in [0.2, 0.25) is 0 Å². The highest BCUT2D eigenvalue weighted by Crippen LogP contribution is 2.25. The molecule has 0 aliphatic carbocycles. The molecule has 1 rings (SSSR count). The number of carboxylic acids is 1. The van der Waals surface area contributed by atoms with Gasteiger partial charge in [0, 0.05) is 10.7 Å². The van der Waals surface area contributed by atoms with Gasteiger partial charge in [-0.25, -0.2) is 8.42 Å². The molecule has 1 aromatic rings. The van der Waals surface area contributed by atoms with Gasteiger partial charge >= 0.3 is 5.97 Å². The van der Waals surface area contributed by atoms with E-state index in [9.17, 15) is 13.2 Å². The van der Waals surface area contributed by atoms with Gasteiger partial charge < -0.3 is 5.11 Å². The molecule has 1 atom stereocenters. The lowest BCUT2D eigenvalue weighted by atomic mass is 10.1. The normalized spacial score (nSPS) is 13.5. The molecular weight excluding hydrogens is 228 g/mol. The number of carbonyl (C=O) groups is 1. The molecule has 1 unspecified atom stereocenters. The number of halogens is 1.